The maximum atomic E-state index is 13.3. The maximum absolute atomic E-state index is 13.3. The van der Waals surface area contributed by atoms with Crippen molar-refractivity contribution < 1.29 is 20.1 Å². The smallest absolute Gasteiger partial charge is 0.297 e. The van der Waals surface area contributed by atoms with Crippen LogP contribution in [0.3, 0.4) is 0 Å². The lowest BCUT2D eigenvalue weighted by molar-refractivity contribution is -0.274. The van der Waals surface area contributed by atoms with Crippen LogP contribution in [0.1, 0.15) is 71.6 Å². The van der Waals surface area contributed by atoms with Crippen LogP contribution in [-0.4, -0.2) is 27.1 Å². The predicted molar refractivity (Wildman–Crippen MR) is 94.2 cm³/mol. The molecule has 4 aliphatic carbocycles. The molecule has 4 rings (SSSR count). The van der Waals surface area contributed by atoms with Gasteiger partial charge in [-0.05, 0) is 67.1 Å². The molecular weight excluding hydrogens is 316 g/mol. The highest BCUT2D eigenvalue weighted by Gasteiger charge is 2.61. The van der Waals surface area contributed by atoms with Crippen LogP contribution in [0.25, 0.3) is 0 Å². The number of Topliss-reactive ketones (excluding diaryl/α,β-unsaturated/α-hetero) is 1. The standard InChI is InChI=1S/C21H32O4/c1-19-10-4-3-5-13(19)6-8-15-16-9-7-14(11-21(23,24)25)20(16,2)12-17(22)18(15)19/h11,13,15-16,18,23-25H,3-10,12H2,1-2H3/t13?,15-,16-,18+,19-,20+/m0/s1. The molecule has 4 heteroatoms. The van der Waals surface area contributed by atoms with Crippen molar-refractivity contribution in [2.45, 2.75) is 77.6 Å². The lowest BCUT2D eigenvalue weighted by Crippen LogP contribution is -2.56. The first-order valence-corrected chi connectivity index (χ1v) is 10.1. The quantitative estimate of drug-likeness (QED) is 0.502. The summed E-state index contributed by atoms with van der Waals surface area (Å²) < 4.78 is 0. The third kappa shape index (κ3) is 2.64. The van der Waals surface area contributed by atoms with E-state index in [1.807, 2.05) is 0 Å². The SMILES string of the molecule is C[C@]12CCCCC1CC[C@@H]1[C@@H]2C(=O)C[C@]2(C)C(=CC(O)(O)O)CC[C@@H]12. The Morgan fingerprint density at radius 2 is 1.84 bits per heavy atom. The van der Waals surface area contributed by atoms with Crippen LogP contribution < -0.4 is 0 Å². The van der Waals surface area contributed by atoms with E-state index in [0.717, 1.165) is 24.8 Å². The van der Waals surface area contributed by atoms with Gasteiger partial charge in [-0.15, -0.1) is 0 Å². The maximum Gasteiger partial charge on any atom is 0.297 e. The minimum atomic E-state index is -2.78. The summed E-state index contributed by atoms with van der Waals surface area (Å²) in [4.78, 5) is 13.3. The highest BCUT2D eigenvalue weighted by molar-refractivity contribution is 5.85. The number of hydrogen-bond acceptors (Lipinski definition) is 4. The van der Waals surface area contributed by atoms with Crippen LogP contribution in [0.15, 0.2) is 11.6 Å². The highest BCUT2D eigenvalue weighted by atomic mass is 16.7. The summed E-state index contributed by atoms with van der Waals surface area (Å²) in [6.45, 7) is 4.48. The fourth-order valence-electron chi connectivity index (χ4n) is 7.43. The lowest BCUT2D eigenvalue weighted by atomic mass is 9.45. The van der Waals surface area contributed by atoms with Gasteiger partial charge in [0.25, 0.3) is 5.97 Å². The Bertz CT molecular complexity index is 604. The number of aliphatic hydroxyl groups is 3. The number of carbonyl (C=O) groups excluding carboxylic acids is 1. The van der Waals surface area contributed by atoms with E-state index < -0.39 is 5.97 Å². The molecule has 4 fully saturated rings. The van der Waals surface area contributed by atoms with Crippen molar-refractivity contribution >= 4 is 5.78 Å². The van der Waals surface area contributed by atoms with Crippen molar-refractivity contribution in [3.05, 3.63) is 11.6 Å². The molecule has 4 saturated carbocycles. The van der Waals surface area contributed by atoms with Crippen LogP contribution in [0.2, 0.25) is 0 Å². The number of hydrogen-bond donors (Lipinski definition) is 3. The second-order valence-corrected chi connectivity index (χ2v) is 9.73. The molecule has 0 aromatic rings. The van der Waals surface area contributed by atoms with E-state index >= 15 is 0 Å². The first-order valence-electron chi connectivity index (χ1n) is 10.1. The Balaban J connectivity index is 1.70. The number of allylic oxidation sites excluding steroid dienone is 1. The minimum absolute atomic E-state index is 0.167. The first-order chi connectivity index (χ1) is 11.7. The first kappa shape index (κ1) is 17.7. The van der Waals surface area contributed by atoms with E-state index in [9.17, 15) is 20.1 Å². The van der Waals surface area contributed by atoms with E-state index in [4.69, 9.17) is 0 Å². The molecule has 25 heavy (non-hydrogen) atoms. The van der Waals surface area contributed by atoms with Gasteiger partial charge in [-0.3, -0.25) is 4.79 Å². The molecule has 4 nitrogen and oxygen atoms in total. The molecule has 0 amide bonds. The number of fused-ring (bicyclic) bond motifs is 5. The molecule has 1 unspecified atom stereocenters. The van der Waals surface area contributed by atoms with Crippen molar-refractivity contribution in [1.82, 2.24) is 0 Å². The van der Waals surface area contributed by atoms with Gasteiger partial charge in [0.15, 0.2) is 0 Å². The van der Waals surface area contributed by atoms with Gasteiger partial charge in [-0.2, -0.15) is 0 Å². The van der Waals surface area contributed by atoms with Gasteiger partial charge in [0.2, 0.25) is 0 Å². The Kier molecular flexibility index (Phi) is 3.99. The third-order valence-electron chi connectivity index (χ3n) is 8.49. The molecule has 0 aromatic heterocycles. The van der Waals surface area contributed by atoms with E-state index in [1.165, 1.54) is 38.2 Å². The van der Waals surface area contributed by atoms with Crippen LogP contribution in [-0.2, 0) is 4.79 Å². The minimum Gasteiger partial charge on any atom is -0.340 e. The summed E-state index contributed by atoms with van der Waals surface area (Å²) >= 11 is 0. The van der Waals surface area contributed by atoms with Gasteiger partial charge in [-0.1, -0.05) is 32.3 Å². The van der Waals surface area contributed by atoms with Crippen LogP contribution in [0, 0.1) is 34.5 Å². The van der Waals surface area contributed by atoms with Gasteiger partial charge in [0.05, 0.1) is 0 Å². The molecule has 0 saturated heterocycles. The van der Waals surface area contributed by atoms with Gasteiger partial charge >= 0.3 is 0 Å². The van der Waals surface area contributed by atoms with Crippen molar-refractivity contribution in [2.75, 3.05) is 0 Å². The molecule has 4 aliphatic rings. The summed E-state index contributed by atoms with van der Waals surface area (Å²) in [5.74, 6) is -0.672. The monoisotopic (exact) mass is 348 g/mol. The number of rotatable bonds is 1. The average molecular weight is 348 g/mol. The van der Waals surface area contributed by atoms with E-state index in [2.05, 4.69) is 13.8 Å². The van der Waals surface area contributed by atoms with Crippen molar-refractivity contribution in [2.24, 2.45) is 34.5 Å². The van der Waals surface area contributed by atoms with Crippen molar-refractivity contribution in [1.29, 1.82) is 0 Å². The molecule has 6 atom stereocenters. The predicted octanol–water partition coefficient (Wildman–Crippen LogP) is 3.16. The molecule has 140 valence electrons. The second kappa shape index (κ2) is 5.64. The van der Waals surface area contributed by atoms with E-state index in [-0.39, 0.29) is 16.7 Å². The fraction of sp³-hybridized carbons (Fsp3) is 0.857. The molecule has 0 aromatic carbocycles. The van der Waals surface area contributed by atoms with E-state index in [0.29, 0.717) is 30.0 Å². The van der Waals surface area contributed by atoms with Crippen LogP contribution in [0.4, 0.5) is 0 Å². The lowest BCUT2D eigenvalue weighted by Gasteiger charge is -2.59. The van der Waals surface area contributed by atoms with Crippen LogP contribution >= 0.6 is 0 Å². The van der Waals surface area contributed by atoms with Gasteiger partial charge in [0, 0.05) is 18.4 Å². The molecule has 0 bridgehead atoms. The van der Waals surface area contributed by atoms with Crippen LogP contribution in [0.5, 0.6) is 0 Å². The fourth-order valence-corrected chi connectivity index (χ4v) is 7.43. The number of ketones is 1. The molecule has 0 spiro atoms. The zero-order valence-corrected chi connectivity index (χ0v) is 15.5. The van der Waals surface area contributed by atoms with Crippen molar-refractivity contribution in [3.8, 4) is 0 Å². The third-order valence-corrected chi connectivity index (χ3v) is 8.49. The van der Waals surface area contributed by atoms with Gasteiger partial charge < -0.3 is 15.3 Å². The Morgan fingerprint density at radius 3 is 2.56 bits per heavy atom. The summed E-state index contributed by atoms with van der Waals surface area (Å²) in [6, 6.07) is 0. The highest BCUT2D eigenvalue weighted by Crippen LogP contribution is 2.66. The van der Waals surface area contributed by atoms with Gasteiger partial charge in [0.1, 0.15) is 5.78 Å². The summed E-state index contributed by atoms with van der Waals surface area (Å²) in [5.41, 5.74) is 0.698. The molecule has 0 radical (unpaired) electrons. The summed E-state index contributed by atoms with van der Waals surface area (Å²) in [5, 5.41) is 28.3. The van der Waals surface area contributed by atoms with Gasteiger partial charge in [-0.25, -0.2) is 0 Å². The summed E-state index contributed by atoms with van der Waals surface area (Å²) in [6.07, 6.45) is 10.8. The molecular formula is C21H32O4. The summed E-state index contributed by atoms with van der Waals surface area (Å²) in [7, 11) is 0. The second-order valence-electron chi connectivity index (χ2n) is 9.73. The average Bonchev–Trinajstić information content (AvgIpc) is 2.81. The zero-order chi connectivity index (χ0) is 18.0. The molecule has 0 heterocycles. The number of carbonyl (C=O) groups is 1. The van der Waals surface area contributed by atoms with Crippen molar-refractivity contribution in [3.63, 3.8) is 0 Å². The molecule has 3 N–H and O–H groups in total. The Hall–Kier alpha value is -0.710. The molecule has 0 aliphatic heterocycles. The zero-order valence-electron chi connectivity index (χ0n) is 15.5. The Labute approximate surface area is 150 Å². The largest absolute Gasteiger partial charge is 0.340 e. The van der Waals surface area contributed by atoms with E-state index in [1.54, 1.807) is 0 Å². The topological polar surface area (TPSA) is 77.8 Å². The normalized spacial score (nSPS) is 48.8. The Morgan fingerprint density at radius 1 is 1.08 bits per heavy atom.